The van der Waals surface area contributed by atoms with Crippen molar-refractivity contribution in [2.75, 3.05) is 7.11 Å². The van der Waals surface area contributed by atoms with Crippen LogP contribution < -0.4 is 0 Å². The molecule has 228 valence electrons. The van der Waals surface area contributed by atoms with Gasteiger partial charge in [-0.25, -0.2) is 0 Å². The second-order valence-corrected chi connectivity index (χ2v) is 10.8. The van der Waals surface area contributed by atoms with Crippen molar-refractivity contribution in [1.29, 1.82) is 0 Å². The molecule has 0 unspecified atom stereocenters. The van der Waals surface area contributed by atoms with E-state index in [1.54, 1.807) is 0 Å². The van der Waals surface area contributed by atoms with Crippen LogP contribution in [-0.2, 0) is 9.53 Å². The van der Waals surface area contributed by atoms with E-state index in [9.17, 15) is 9.90 Å². The van der Waals surface area contributed by atoms with Gasteiger partial charge in [0.05, 0.1) is 13.2 Å². The molecule has 0 aliphatic rings. The van der Waals surface area contributed by atoms with E-state index >= 15 is 0 Å². The Balaban J connectivity index is 3.63. The Morgan fingerprint density at radius 3 is 1.80 bits per heavy atom. The zero-order chi connectivity index (χ0) is 29.4. The molecule has 0 radical (unpaired) electrons. The number of esters is 1. The Hall–Kier alpha value is -2.13. The number of aliphatic hydroxyl groups excluding tert-OH is 1. The Morgan fingerprint density at radius 2 is 1.20 bits per heavy atom. The van der Waals surface area contributed by atoms with Gasteiger partial charge in [-0.1, -0.05) is 151 Å². The summed E-state index contributed by atoms with van der Waals surface area (Å²) >= 11 is 0. The molecule has 0 saturated carbocycles. The summed E-state index contributed by atoms with van der Waals surface area (Å²) in [5.41, 5.74) is 0. The molecule has 0 aromatic carbocycles. The molecule has 0 aromatic heterocycles. The van der Waals surface area contributed by atoms with Crippen molar-refractivity contribution in [3.8, 4) is 0 Å². The summed E-state index contributed by atoms with van der Waals surface area (Å²) in [6.07, 6.45) is 47.5. The first kappa shape index (κ1) is 37.9. The molecular weight excluding hydrogens is 492 g/mol. The van der Waals surface area contributed by atoms with Crippen molar-refractivity contribution in [2.45, 2.75) is 142 Å². The molecule has 0 rings (SSSR count). The fourth-order valence-electron chi connectivity index (χ4n) is 4.47. The van der Waals surface area contributed by atoms with Crippen molar-refractivity contribution in [3.05, 3.63) is 72.9 Å². The number of methoxy groups -OCH3 is 1. The highest BCUT2D eigenvalue weighted by Gasteiger charge is 1.99. The number of hydrogen-bond donors (Lipinski definition) is 1. The summed E-state index contributed by atoms with van der Waals surface area (Å²) in [5.74, 6) is 0.496. The van der Waals surface area contributed by atoms with Crippen molar-refractivity contribution < 1.29 is 14.6 Å². The van der Waals surface area contributed by atoms with E-state index in [4.69, 9.17) is 0 Å². The minimum Gasteiger partial charge on any atom is -0.469 e. The molecule has 3 nitrogen and oxygen atoms in total. The molecule has 0 amide bonds. The van der Waals surface area contributed by atoms with Crippen LogP contribution in [0.15, 0.2) is 72.9 Å². The normalized spacial score (nSPS) is 14.2. The van der Waals surface area contributed by atoms with E-state index in [0.29, 0.717) is 18.8 Å². The third-order valence-corrected chi connectivity index (χ3v) is 7.13. The lowest BCUT2D eigenvalue weighted by Gasteiger charge is -2.05. The summed E-state index contributed by atoms with van der Waals surface area (Å²) in [6.45, 7) is 4.34. The number of ether oxygens (including phenoxy) is 1. The molecule has 0 aliphatic heterocycles. The van der Waals surface area contributed by atoms with E-state index in [2.05, 4.69) is 61.1 Å². The summed E-state index contributed by atoms with van der Waals surface area (Å²) in [6, 6.07) is 0. The van der Waals surface area contributed by atoms with Crippen LogP contribution in [0.3, 0.4) is 0 Å². The van der Waals surface area contributed by atoms with Gasteiger partial charge in [0.2, 0.25) is 0 Å². The number of allylic oxidation sites excluding steroid dienone is 10. The zero-order valence-electron chi connectivity index (χ0n) is 26.3. The summed E-state index contributed by atoms with van der Waals surface area (Å²) in [5, 5.41) is 9.85. The van der Waals surface area contributed by atoms with E-state index in [1.807, 2.05) is 30.4 Å². The molecule has 0 heterocycles. The van der Waals surface area contributed by atoms with Gasteiger partial charge in [-0.15, -0.1) is 0 Å². The Kier molecular flexibility index (Phi) is 29.7. The summed E-state index contributed by atoms with van der Waals surface area (Å²) in [7, 11) is 1.46. The van der Waals surface area contributed by atoms with Gasteiger partial charge in [0.25, 0.3) is 0 Å². The molecule has 2 atom stereocenters. The average Bonchev–Trinajstić information content (AvgIpc) is 2.96. The fourth-order valence-corrected chi connectivity index (χ4v) is 4.47. The first-order chi connectivity index (χ1) is 19.6. The number of carbonyl (C=O) groups is 1. The van der Waals surface area contributed by atoms with Crippen LogP contribution in [0, 0.1) is 5.92 Å². The first-order valence-electron chi connectivity index (χ1n) is 16.4. The van der Waals surface area contributed by atoms with E-state index in [0.717, 1.165) is 38.5 Å². The highest BCUT2D eigenvalue weighted by Crippen LogP contribution is 2.14. The van der Waals surface area contributed by atoms with Crippen LogP contribution >= 0.6 is 0 Å². The summed E-state index contributed by atoms with van der Waals surface area (Å²) in [4.78, 5) is 11.1. The number of aliphatic hydroxyl groups is 1. The van der Waals surface area contributed by atoms with Crippen LogP contribution in [0.4, 0.5) is 0 Å². The number of rotatable bonds is 27. The molecule has 0 bridgehead atoms. The topological polar surface area (TPSA) is 46.5 Å². The van der Waals surface area contributed by atoms with Gasteiger partial charge in [0.15, 0.2) is 0 Å². The second kappa shape index (κ2) is 31.4. The maximum absolute atomic E-state index is 11.1. The third kappa shape index (κ3) is 28.9. The SMILES string of the molecule is CC/C=C\C[C@H](O)\C=C/C=C/C=C/[C@H](CC)C/C=C\C/C=C\CCCCCCCCCCCCCCC(=O)OC. The highest BCUT2D eigenvalue weighted by atomic mass is 16.5. The van der Waals surface area contributed by atoms with E-state index < -0.39 is 6.10 Å². The van der Waals surface area contributed by atoms with Crippen LogP contribution in [0.5, 0.6) is 0 Å². The lowest BCUT2D eigenvalue weighted by atomic mass is 10.0. The lowest BCUT2D eigenvalue weighted by Crippen LogP contribution is -1.99. The number of hydrogen-bond acceptors (Lipinski definition) is 3. The maximum atomic E-state index is 11.1. The Bertz CT molecular complexity index is 726. The maximum Gasteiger partial charge on any atom is 0.305 e. The predicted molar refractivity (Wildman–Crippen MR) is 175 cm³/mol. The molecule has 0 saturated heterocycles. The molecule has 0 fully saturated rings. The highest BCUT2D eigenvalue weighted by molar-refractivity contribution is 5.68. The minimum absolute atomic E-state index is 0.0764. The molecule has 0 aliphatic carbocycles. The molecule has 40 heavy (non-hydrogen) atoms. The van der Waals surface area contributed by atoms with Gasteiger partial charge in [0.1, 0.15) is 0 Å². The largest absolute Gasteiger partial charge is 0.469 e. The monoisotopic (exact) mass is 554 g/mol. The zero-order valence-corrected chi connectivity index (χ0v) is 26.3. The number of carbonyl (C=O) groups excluding carboxylic acids is 1. The fraction of sp³-hybridized carbons (Fsp3) is 0.649. The molecule has 0 spiro atoms. The third-order valence-electron chi connectivity index (χ3n) is 7.13. The van der Waals surface area contributed by atoms with Gasteiger partial charge in [-0.3, -0.25) is 4.79 Å². The molecule has 0 aromatic rings. The summed E-state index contributed by atoms with van der Waals surface area (Å²) < 4.78 is 4.67. The van der Waals surface area contributed by atoms with E-state index in [1.165, 1.54) is 77.7 Å². The van der Waals surface area contributed by atoms with Crippen molar-refractivity contribution in [3.63, 3.8) is 0 Å². The predicted octanol–water partition coefficient (Wildman–Crippen LogP) is 10.9. The van der Waals surface area contributed by atoms with Crippen molar-refractivity contribution in [1.82, 2.24) is 0 Å². The van der Waals surface area contributed by atoms with Gasteiger partial charge >= 0.3 is 5.97 Å². The van der Waals surface area contributed by atoms with Gasteiger partial charge in [-0.2, -0.15) is 0 Å². The Labute approximate surface area is 248 Å². The van der Waals surface area contributed by atoms with Gasteiger partial charge in [-0.05, 0) is 57.3 Å². The second-order valence-electron chi connectivity index (χ2n) is 10.8. The molecule has 1 N–H and O–H groups in total. The van der Waals surface area contributed by atoms with Gasteiger partial charge < -0.3 is 9.84 Å². The first-order valence-corrected chi connectivity index (χ1v) is 16.4. The van der Waals surface area contributed by atoms with Crippen LogP contribution in [-0.4, -0.2) is 24.3 Å². The Morgan fingerprint density at radius 1 is 0.650 bits per heavy atom. The molecular formula is C37H62O3. The standard InChI is InChI=1S/C37H62O3/c1-4-6-25-32-36(38)33-28-24-23-27-31-35(5-2)30-26-21-19-17-15-13-11-9-7-8-10-12-14-16-18-20-22-29-34-37(39)40-3/h6,15,17,21,23-28,31,33,35-36,38H,4-5,7-14,16,18-20,22,29-30,32,34H2,1-3H3/b17-15-,24-23+,25-6-,26-21-,31-27+,33-28-/t35-,36+/m1/s1. The van der Waals surface area contributed by atoms with E-state index in [-0.39, 0.29) is 5.97 Å². The minimum atomic E-state index is -0.404. The number of unbranched alkanes of at least 4 members (excludes halogenated alkanes) is 12. The van der Waals surface area contributed by atoms with Crippen LogP contribution in [0.2, 0.25) is 0 Å². The van der Waals surface area contributed by atoms with Gasteiger partial charge in [0, 0.05) is 6.42 Å². The van der Waals surface area contributed by atoms with Crippen molar-refractivity contribution in [2.24, 2.45) is 5.92 Å². The van der Waals surface area contributed by atoms with Crippen LogP contribution in [0.1, 0.15) is 136 Å². The lowest BCUT2D eigenvalue weighted by molar-refractivity contribution is -0.140. The van der Waals surface area contributed by atoms with Crippen molar-refractivity contribution >= 4 is 5.97 Å². The average molecular weight is 555 g/mol. The van der Waals surface area contributed by atoms with Crippen LogP contribution in [0.25, 0.3) is 0 Å². The quantitative estimate of drug-likeness (QED) is 0.0475. The molecule has 3 heteroatoms. The smallest absolute Gasteiger partial charge is 0.305 e.